The molecule has 1 aromatic carbocycles. The van der Waals surface area contributed by atoms with Gasteiger partial charge < -0.3 is 9.30 Å². The maximum atomic E-state index is 12.8. The van der Waals surface area contributed by atoms with E-state index < -0.39 is 0 Å². The van der Waals surface area contributed by atoms with E-state index in [1.807, 2.05) is 55.7 Å². The fourth-order valence-electron chi connectivity index (χ4n) is 3.06. The molecule has 0 aliphatic carbocycles. The molecule has 0 atom stereocenters. The van der Waals surface area contributed by atoms with Gasteiger partial charge in [-0.05, 0) is 49.4 Å². The molecule has 0 spiro atoms. The number of aromatic nitrogens is 5. The lowest BCUT2D eigenvalue weighted by molar-refractivity contribution is -0.140. The smallest absolute Gasteiger partial charge is 0.307 e. The van der Waals surface area contributed by atoms with Crippen molar-refractivity contribution in [1.82, 2.24) is 24.8 Å². The predicted molar refractivity (Wildman–Crippen MR) is 109 cm³/mol. The number of nitrogens with zero attached hydrogens (tertiary/aromatic N) is 5. The van der Waals surface area contributed by atoms with Crippen LogP contribution in [-0.4, -0.2) is 49.4 Å². The molecule has 0 fully saturated rings. The molecule has 3 rings (SSSR count). The highest BCUT2D eigenvalue weighted by Crippen LogP contribution is 2.22. The summed E-state index contributed by atoms with van der Waals surface area (Å²) in [5, 5.41) is 12.4. The molecule has 29 heavy (non-hydrogen) atoms. The lowest BCUT2D eigenvalue weighted by Gasteiger charge is -2.09. The Balaban J connectivity index is 1.70. The Morgan fingerprint density at radius 3 is 2.55 bits per heavy atom. The first-order valence-electron chi connectivity index (χ1n) is 9.15. The molecule has 0 aliphatic rings. The molecule has 0 radical (unpaired) electrons. The highest BCUT2D eigenvalue weighted by atomic mass is 32.2. The molecule has 0 saturated heterocycles. The van der Waals surface area contributed by atoms with E-state index in [0.717, 1.165) is 22.6 Å². The molecule has 9 heteroatoms. The minimum atomic E-state index is -0.274. The van der Waals surface area contributed by atoms with Crippen LogP contribution in [0.1, 0.15) is 33.7 Å². The Kier molecular flexibility index (Phi) is 6.48. The van der Waals surface area contributed by atoms with E-state index >= 15 is 0 Å². The molecular weight excluding hydrogens is 390 g/mol. The number of methoxy groups -OCH3 is 1. The number of tetrazole rings is 1. The van der Waals surface area contributed by atoms with Crippen LogP contribution in [0, 0.1) is 20.8 Å². The first kappa shape index (κ1) is 20.8. The average Bonchev–Trinajstić information content (AvgIpc) is 3.29. The van der Waals surface area contributed by atoms with E-state index in [2.05, 4.69) is 15.5 Å². The predicted octanol–water partition coefficient (Wildman–Crippen LogP) is 2.93. The van der Waals surface area contributed by atoms with Crippen molar-refractivity contribution < 1.29 is 14.3 Å². The summed E-state index contributed by atoms with van der Waals surface area (Å²) in [5.74, 6) is -0.0668. The van der Waals surface area contributed by atoms with Crippen molar-refractivity contribution in [3.05, 3.63) is 52.8 Å². The molecule has 3 aromatic rings. The van der Waals surface area contributed by atoms with Gasteiger partial charge in [-0.25, -0.2) is 0 Å². The van der Waals surface area contributed by atoms with Crippen molar-refractivity contribution in [1.29, 1.82) is 0 Å². The third-order valence-corrected chi connectivity index (χ3v) is 5.61. The van der Waals surface area contributed by atoms with Gasteiger partial charge in [0.25, 0.3) is 0 Å². The van der Waals surface area contributed by atoms with E-state index in [4.69, 9.17) is 4.74 Å². The Morgan fingerprint density at radius 1 is 1.14 bits per heavy atom. The summed E-state index contributed by atoms with van der Waals surface area (Å²) in [6.07, 6.45) is 0.264. The fourth-order valence-corrected chi connectivity index (χ4v) is 3.83. The molecule has 0 aliphatic heterocycles. The van der Waals surface area contributed by atoms with Crippen molar-refractivity contribution >= 4 is 23.5 Å². The zero-order valence-electron chi connectivity index (χ0n) is 16.9. The van der Waals surface area contributed by atoms with Crippen LogP contribution in [0.25, 0.3) is 5.69 Å². The number of benzene rings is 1. The summed E-state index contributed by atoms with van der Waals surface area (Å²) in [6.45, 7) is 6.31. The van der Waals surface area contributed by atoms with E-state index in [-0.39, 0.29) is 23.9 Å². The summed E-state index contributed by atoms with van der Waals surface area (Å²) in [6, 6.07) is 9.71. The van der Waals surface area contributed by atoms with Gasteiger partial charge in [0.05, 0.1) is 25.0 Å². The van der Waals surface area contributed by atoms with Crippen molar-refractivity contribution in [2.24, 2.45) is 0 Å². The lowest BCUT2D eigenvalue weighted by Crippen LogP contribution is -2.11. The van der Waals surface area contributed by atoms with Crippen LogP contribution in [0.15, 0.2) is 35.5 Å². The second-order valence-corrected chi connectivity index (χ2v) is 7.63. The van der Waals surface area contributed by atoms with Gasteiger partial charge in [0.1, 0.15) is 0 Å². The van der Waals surface area contributed by atoms with Gasteiger partial charge in [0.2, 0.25) is 5.16 Å². The number of esters is 1. The van der Waals surface area contributed by atoms with Crippen LogP contribution in [0.2, 0.25) is 0 Å². The van der Waals surface area contributed by atoms with Crippen molar-refractivity contribution in [3.63, 3.8) is 0 Å². The second kappa shape index (κ2) is 9.04. The molecule has 0 saturated carbocycles. The van der Waals surface area contributed by atoms with Crippen LogP contribution < -0.4 is 0 Å². The maximum absolute atomic E-state index is 12.8. The lowest BCUT2D eigenvalue weighted by atomic mass is 10.2. The van der Waals surface area contributed by atoms with Gasteiger partial charge in [-0.1, -0.05) is 29.5 Å². The van der Waals surface area contributed by atoms with Gasteiger partial charge in [-0.2, -0.15) is 4.68 Å². The number of rotatable bonds is 8. The second-order valence-electron chi connectivity index (χ2n) is 6.68. The molecule has 152 valence electrons. The number of aryl methyl sites for hydroxylation is 2. The third-order valence-electron chi connectivity index (χ3n) is 4.69. The molecule has 0 bridgehead atoms. The third kappa shape index (κ3) is 4.73. The fraction of sp³-hybridized carbons (Fsp3) is 0.350. The highest BCUT2D eigenvalue weighted by molar-refractivity contribution is 7.99. The zero-order chi connectivity index (χ0) is 21.0. The van der Waals surface area contributed by atoms with E-state index in [9.17, 15) is 9.59 Å². The van der Waals surface area contributed by atoms with Crippen LogP contribution in [0.4, 0.5) is 0 Å². The zero-order valence-corrected chi connectivity index (χ0v) is 17.7. The molecule has 8 nitrogen and oxygen atoms in total. The number of thioether (sulfide) groups is 1. The van der Waals surface area contributed by atoms with Crippen LogP contribution in [-0.2, 0) is 16.1 Å². The van der Waals surface area contributed by atoms with Gasteiger partial charge in [0, 0.05) is 23.5 Å². The SMILES string of the molecule is COC(=O)CCn1c(C)cc(C(=O)CSc2nnnn2-c2ccc(C)cc2)c1C. The average molecular weight is 414 g/mol. The molecule has 2 aromatic heterocycles. The standard InChI is InChI=1S/C20H23N5O3S/c1-13-5-7-16(8-6-13)25-20(21-22-23-25)29-12-18(26)17-11-14(2)24(15(17)3)10-9-19(27)28-4/h5-8,11H,9-10,12H2,1-4H3. The van der Waals surface area contributed by atoms with Gasteiger partial charge in [-0.15, -0.1) is 5.10 Å². The number of ketones is 1. The van der Waals surface area contributed by atoms with Crippen LogP contribution in [0.5, 0.6) is 0 Å². The number of hydrogen-bond acceptors (Lipinski definition) is 7. The van der Waals surface area contributed by atoms with Crippen molar-refractivity contribution in [3.8, 4) is 5.69 Å². The Hall–Kier alpha value is -2.94. The normalized spacial score (nSPS) is 10.9. The summed E-state index contributed by atoms with van der Waals surface area (Å²) < 4.78 is 8.28. The van der Waals surface area contributed by atoms with E-state index in [0.29, 0.717) is 17.3 Å². The van der Waals surface area contributed by atoms with E-state index in [1.54, 1.807) is 4.68 Å². The number of carbonyl (C=O) groups is 2. The highest BCUT2D eigenvalue weighted by Gasteiger charge is 2.18. The summed E-state index contributed by atoms with van der Waals surface area (Å²) in [4.78, 5) is 24.2. The van der Waals surface area contributed by atoms with E-state index in [1.165, 1.54) is 18.9 Å². The maximum Gasteiger partial charge on any atom is 0.307 e. The van der Waals surface area contributed by atoms with Crippen LogP contribution >= 0.6 is 11.8 Å². The number of ether oxygens (including phenoxy) is 1. The minimum Gasteiger partial charge on any atom is -0.469 e. The topological polar surface area (TPSA) is 91.9 Å². The molecule has 0 N–H and O–H groups in total. The Morgan fingerprint density at radius 2 is 1.86 bits per heavy atom. The molecule has 0 amide bonds. The summed E-state index contributed by atoms with van der Waals surface area (Å²) in [5.41, 5.74) is 4.42. The minimum absolute atomic E-state index is 0.00845. The van der Waals surface area contributed by atoms with Gasteiger partial charge in [-0.3, -0.25) is 9.59 Å². The molecule has 0 unspecified atom stereocenters. The largest absolute Gasteiger partial charge is 0.469 e. The summed E-state index contributed by atoms with van der Waals surface area (Å²) >= 11 is 1.30. The number of carbonyl (C=O) groups excluding carboxylic acids is 2. The quantitative estimate of drug-likeness (QED) is 0.318. The van der Waals surface area contributed by atoms with Crippen molar-refractivity contribution in [2.75, 3.05) is 12.9 Å². The number of Topliss-reactive ketones (excluding diaryl/α,β-unsaturated/α-hetero) is 1. The monoisotopic (exact) mass is 413 g/mol. The Labute approximate surface area is 173 Å². The van der Waals surface area contributed by atoms with Crippen molar-refractivity contribution in [2.45, 2.75) is 38.9 Å². The first-order chi connectivity index (χ1) is 13.9. The van der Waals surface area contributed by atoms with Crippen LogP contribution in [0.3, 0.4) is 0 Å². The van der Waals surface area contributed by atoms with Gasteiger partial charge in [0.15, 0.2) is 5.78 Å². The van der Waals surface area contributed by atoms with Gasteiger partial charge >= 0.3 is 5.97 Å². The summed E-state index contributed by atoms with van der Waals surface area (Å²) in [7, 11) is 1.37. The molecular formula is C20H23N5O3S. The first-order valence-corrected chi connectivity index (χ1v) is 10.1. The molecule has 2 heterocycles. The Bertz CT molecular complexity index is 1020. The number of hydrogen-bond donors (Lipinski definition) is 0.